The van der Waals surface area contributed by atoms with Crippen LogP contribution in [0.2, 0.25) is 0 Å². The quantitative estimate of drug-likeness (QED) is 0.705. The molecule has 0 aromatic rings. The van der Waals surface area contributed by atoms with Crippen molar-refractivity contribution in [3.8, 4) is 0 Å². The van der Waals surface area contributed by atoms with Gasteiger partial charge in [-0.3, -0.25) is 4.79 Å². The van der Waals surface area contributed by atoms with Gasteiger partial charge in [0.25, 0.3) is 0 Å². The van der Waals surface area contributed by atoms with E-state index in [1.54, 1.807) is 6.92 Å². The van der Waals surface area contributed by atoms with Crippen molar-refractivity contribution >= 4 is 17.5 Å². The molecule has 14 heavy (non-hydrogen) atoms. The topological polar surface area (TPSA) is 17.1 Å². The lowest BCUT2D eigenvalue weighted by molar-refractivity contribution is -0.125. The predicted molar refractivity (Wildman–Crippen MR) is 68.0 cm³/mol. The minimum atomic E-state index is -0.174. The maximum Gasteiger partial charge on any atom is 0.135 e. The first kappa shape index (κ1) is 16.4. The number of hydrogen-bond donors (Lipinski definition) is 0. The fourth-order valence-electron chi connectivity index (χ4n) is 1.26. The smallest absolute Gasteiger partial charge is 0.135 e. The average Bonchev–Trinajstić information content (AvgIpc) is 2.06. The first-order valence-corrected chi connectivity index (χ1v) is 6.50. The fourth-order valence-corrected chi connectivity index (χ4v) is 1.77. The van der Waals surface area contributed by atoms with Gasteiger partial charge in [-0.1, -0.05) is 41.5 Å². The van der Waals surface area contributed by atoms with Gasteiger partial charge in [0.15, 0.2) is 0 Å². The summed E-state index contributed by atoms with van der Waals surface area (Å²) in [4.78, 5) is 11.2. The lowest BCUT2D eigenvalue weighted by atomic mass is 9.80. The molecule has 0 bridgehead atoms. The van der Waals surface area contributed by atoms with Crippen LogP contribution >= 0.6 is 11.8 Å². The van der Waals surface area contributed by atoms with Crippen LogP contribution in [0.4, 0.5) is 0 Å². The Hall–Kier alpha value is 0.0200. The molecule has 0 saturated heterocycles. The second-order valence-electron chi connectivity index (χ2n) is 4.58. The van der Waals surface area contributed by atoms with E-state index >= 15 is 0 Å². The molecule has 0 aliphatic rings. The molecular formula is C12H26OS. The Morgan fingerprint density at radius 1 is 1.14 bits per heavy atom. The summed E-state index contributed by atoms with van der Waals surface area (Å²) in [5.41, 5.74) is -0.174. The third-order valence-electron chi connectivity index (χ3n) is 2.37. The van der Waals surface area contributed by atoms with Crippen molar-refractivity contribution in [2.24, 2.45) is 5.41 Å². The number of thioether (sulfide) groups is 1. The Bertz CT molecular complexity index is 171. The van der Waals surface area contributed by atoms with Crippen molar-refractivity contribution in [1.29, 1.82) is 0 Å². The molecule has 0 unspecified atom stereocenters. The minimum absolute atomic E-state index is 0.174. The van der Waals surface area contributed by atoms with Gasteiger partial charge >= 0.3 is 0 Å². The Kier molecular flexibility index (Phi) is 7.63. The van der Waals surface area contributed by atoms with E-state index in [0.717, 1.165) is 6.42 Å². The molecule has 0 saturated carbocycles. The third kappa shape index (κ3) is 6.47. The molecule has 0 aliphatic heterocycles. The fraction of sp³-hybridized carbons (Fsp3) is 0.917. The van der Waals surface area contributed by atoms with Gasteiger partial charge in [0, 0.05) is 10.2 Å². The second-order valence-corrected chi connectivity index (χ2v) is 6.09. The van der Waals surface area contributed by atoms with Crippen LogP contribution in [-0.2, 0) is 4.79 Å². The summed E-state index contributed by atoms with van der Waals surface area (Å²) in [6, 6.07) is 0. The zero-order valence-electron chi connectivity index (χ0n) is 11.0. The van der Waals surface area contributed by atoms with Gasteiger partial charge in [-0.05, 0) is 19.6 Å². The molecule has 0 aromatic heterocycles. The van der Waals surface area contributed by atoms with Gasteiger partial charge in [-0.15, -0.1) is 0 Å². The van der Waals surface area contributed by atoms with Gasteiger partial charge in [-0.2, -0.15) is 11.8 Å². The van der Waals surface area contributed by atoms with Gasteiger partial charge in [0.1, 0.15) is 5.78 Å². The van der Waals surface area contributed by atoms with E-state index < -0.39 is 0 Å². The van der Waals surface area contributed by atoms with Crippen molar-refractivity contribution in [2.75, 3.05) is 6.26 Å². The first-order chi connectivity index (χ1) is 6.21. The number of hydrogen-bond acceptors (Lipinski definition) is 2. The van der Waals surface area contributed by atoms with Crippen LogP contribution < -0.4 is 0 Å². The summed E-state index contributed by atoms with van der Waals surface area (Å²) in [7, 11) is 0. The van der Waals surface area contributed by atoms with E-state index in [0.29, 0.717) is 0 Å². The second kappa shape index (κ2) is 6.49. The largest absolute Gasteiger partial charge is 0.299 e. The Balaban J connectivity index is 0. The summed E-state index contributed by atoms with van der Waals surface area (Å²) >= 11 is 1.82. The number of carbonyl (C=O) groups excluding carboxylic acids is 1. The normalized spacial score (nSPS) is 11.7. The highest BCUT2D eigenvalue weighted by molar-refractivity contribution is 7.99. The van der Waals surface area contributed by atoms with E-state index in [1.165, 1.54) is 0 Å². The van der Waals surface area contributed by atoms with Crippen molar-refractivity contribution in [3.05, 3.63) is 0 Å². The van der Waals surface area contributed by atoms with Crippen LogP contribution in [0, 0.1) is 5.41 Å². The van der Waals surface area contributed by atoms with Gasteiger partial charge in [-0.25, -0.2) is 0 Å². The molecule has 0 radical (unpaired) electrons. The molecule has 0 amide bonds. The standard InChI is InChI=1S/C10H20OS.C2H6/c1-8(11)9(2,3)7-10(4,5)12-6;1-2/h7H2,1-6H3;1-2H3. The molecule has 0 rings (SSSR count). The van der Waals surface area contributed by atoms with E-state index in [1.807, 2.05) is 39.5 Å². The first-order valence-electron chi connectivity index (χ1n) is 5.27. The molecular weight excluding hydrogens is 192 g/mol. The molecule has 0 aromatic carbocycles. The maximum atomic E-state index is 11.2. The molecule has 2 heteroatoms. The number of ketones is 1. The van der Waals surface area contributed by atoms with E-state index in [4.69, 9.17) is 0 Å². The minimum Gasteiger partial charge on any atom is -0.299 e. The Morgan fingerprint density at radius 2 is 1.50 bits per heavy atom. The number of carbonyl (C=O) groups is 1. The molecule has 0 atom stereocenters. The van der Waals surface area contributed by atoms with Crippen LogP contribution in [0.3, 0.4) is 0 Å². The molecule has 86 valence electrons. The third-order valence-corrected chi connectivity index (χ3v) is 3.62. The van der Waals surface area contributed by atoms with Crippen molar-refractivity contribution in [1.82, 2.24) is 0 Å². The Labute approximate surface area is 94.0 Å². The van der Waals surface area contributed by atoms with Crippen molar-refractivity contribution in [2.45, 2.75) is 59.6 Å². The summed E-state index contributed by atoms with van der Waals surface area (Å²) < 4.78 is 0.204. The zero-order valence-corrected chi connectivity index (χ0v) is 11.8. The molecule has 0 spiro atoms. The molecule has 0 aliphatic carbocycles. The maximum absolute atomic E-state index is 11.2. The summed E-state index contributed by atoms with van der Waals surface area (Å²) in [5, 5.41) is 0. The van der Waals surface area contributed by atoms with Crippen LogP contribution in [0.5, 0.6) is 0 Å². The molecule has 1 nitrogen and oxygen atoms in total. The van der Waals surface area contributed by atoms with Crippen molar-refractivity contribution < 1.29 is 4.79 Å². The van der Waals surface area contributed by atoms with E-state index in [9.17, 15) is 4.79 Å². The zero-order chi connectivity index (χ0) is 12.0. The number of rotatable bonds is 4. The molecule has 0 fully saturated rings. The van der Waals surface area contributed by atoms with Crippen LogP contribution in [0.15, 0.2) is 0 Å². The van der Waals surface area contributed by atoms with Crippen LogP contribution in [0.25, 0.3) is 0 Å². The number of Topliss-reactive ketones (excluding diaryl/α,β-unsaturated/α-hetero) is 1. The van der Waals surface area contributed by atoms with E-state index in [-0.39, 0.29) is 15.9 Å². The summed E-state index contributed by atoms with van der Waals surface area (Å²) in [6.45, 7) is 14.1. The lowest BCUT2D eigenvalue weighted by Crippen LogP contribution is -2.30. The Morgan fingerprint density at radius 3 is 1.71 bits per heavy atom. The van der Waals surface area contributed by atoms with Crippen LogP contribution in [-0.4, -0.2) is 16.8 Å². The SMILES string of the molecule is CC.CSC(C)(C)CC(C)(C)C(C)=O. The van der Waals surface area contributed by atoms with Crippen LogP contribution in [0.1, 0.15) is 54.9 Å². The highest BCUT2D eigenvalue weighted by Crippen LogP contribution is 2.35. The van der Waals surface area contributed by atoms with Gasteiger partial charge in [0.2, 0.25) is 0 Å². The molecule has 0 N–H and O–H groups in total. The average molecular weight is 218 g/mol. The lowest BCUT2D eigenvalue weighted by Gasteiger charge is -2.31. The molecule has 0 heterocycles. The van der Waals surface area contributed by atoms with Gasteiger partial charge in [0.05, 0.1) is 0 Å². The predicted octanol–water partition coefficient (Wildman–Crippen LogP) is 4.16. The van der Waals surface area contributed by atoms with E-state index in [2.05, 4.69) is 20.1 Å². The summed E-state index contributed by atoms with van der Waals surface area (Å²) in [5.74, 6) is 0.282. The van der Waals surface area contributed by atoms with Gasteiger partial charge < -0.3 is 0 Å². The highest BCUT2D eigenvalue weighted by Gasteiger charge is 2.31. The van der Waals surface area contributed by atoms with Crippen molar-refractivity contribution in [3.63, 3.8) is 0 Å². The summed E-state index contributed by atoms with van der Waals surface area (Å²) in [6.07, 6.45) is 3.03. The highest BCUT2D eigenvalue weighted by atomic mass is 32.2. The monoisotopic (exact) mass is 218 g/mol.